The standard InChI is InChI=1S/C31H33Cl2FN6O6/c1-15-6-4-7-18(29(42)40(2)13-5-8-22-23-20(37-31(44)46-22)12-11-19(32)24(23)34)27-38-25(26(33)39-27)17-10-9-16(35-30(43)45-3)14-21(17)36-28(15)41/h9-12,14-15,18,22H,4-8,13H2,1-3H3,(H,35,43)(H,36,41)(H,37,44)(H,38,39). The van der Waals surface area contributed by atoms with Crippen LogP contribution >= 0.6 is 23.2 Å². The number of fused-ring (bicyclic) bond motifs is 5. The zero-order valence-corrected chi connectivity index (χ0v) is 26.9. The van der Waals surface area contributed by atoms with Gasteiger partial charge in [-0.3, -0.25) is 20.2 Å². The summed E-state index contributed by atoms with van der Waals surface area (Å²) in [6.45, 7) is 2.09. The predicted octanol–water partition coefficient (Wildman–Crippen LogP) is 7.09. The van der Waals surface area contributed by atoms with Crippen LogP contribution in [0, 0.1) is 11.7 Å². The number of amides is 4. The van der Waals surface area contributed by atoms with Crippen LogP contribution in [-0.2, 0) is 19.1 Å². The maximum atomic E-state index is 14.8. The topological polar surface area (TPSA) is 155 Å². The molecule has 15 heteroatoms. The first-order chi connectivity index (χ1) is 22.0. The van der Waals surface area contributed by atoms with Gasteiger partial charge in [-0.15, -0.1) is 0 Å². The van der Waals surface area contributed by atoms with Crippen LogP contribution in [0.15, 0.2) is 30.3 Å². The predicted molar refractivity (Wildman–Crippen MR) is 171 cm³/mol. The van der Waals surface area contributed by atoms with E-state index >= 15 is 0 Å². The molecular formula is C31H33Cl2FN6O6. The van der Waals surface area contributed by atoms with E-state index in [1.165, 1.54) is 19.2 Å². The van der Waals surface area contributed by atoms with Crippen molar-refractivity contribution < 1.29 is 33.0 Å². The van der Waals surface area contributed by atoms with E-state index in [1.54, 1.807) is 37.1 Å². The Morgan fingerprint density at radius 3 is 2.70 bits per heavy atom. The van der Waals surface area contributed by atoms with E-state index in [0.717, 1.165) is 0 Å². The van der Waals surface area contributed by atoms with Gasteiger partial charge in [0, 0.05) is 30.8 Å². The number of carbonyl (C=O) groups is 4. The second-order valence-corrected chi connectivity index (χ2v) is 12.1. The summed E-state index contributed by atoms with van der Waals surface area (Å²) in [6.07, 6.45) is -0.117. The number of cyclic esters (lactones) is 1. The molecule has 5 rings (SSSR count). The third-order valence-electron chi connectivity index (χ3n) is 8.12. The maximum Gasteiger partial charge on any atom is 0.412 e. The Morgan fingerprint density at radius 1 is 1.15 bits per heavy atom. The van der Waals surface area contributed by atoms with Gasteiger partial charge in [-0.1, -0.05) is 36.5 Å². The Bertz CT molecular complexity index is 1680. The summed E-state index contributed by atoms with van der Waals surface area (Å²) in [5.41, 5.74) is 2.06. The minimum atomic E-state index is -0.866. The zero-order valence-electron chi connectivity index (χ0n) is 25.3. The molecule has 0 spiro atoms. The molecule has 2 aliphatic heterocycles. The Balaban J connectivity index is 1.36. The van der Waals surface area contributed by atoms with E-state index in [1.807, 2.05) is 0 Å². The number of rotatable bonds is 6. The molecule has 0 saturated carbocycles. The lowest BCUT2D eigenvalue weighted by Crippen LogP contribution is -2.34. The van der Waals surface area contributed by atoms with Gasteiger partial charge in [0.25, 0.3) is 0 Å². The van der Waals surface area contributed by atoms with Crippen LogP contribution in [-0.4, -0.2) is 59.6 Å². The molecule has 4 N–H and O–H groups in total. The number of imidazole rings is 1. The average Bonchev–Trinajstić information content (AvgIpc) is 3.40. The summed E-state index contributed by atoms with van der Waals surface area (Å²) < 4.78 is 24.9. The fourth-order valence-electron chi connectivity index (χ4n) is 5.62. The highest BCUT2D eigenvalue weighted by molar-refractivity contribution is 6.32. The number of carbonyl (C=O) groups excluding carboxylic acids is 4. The van der Waals surface area contributed by atoms with Crippen molar-refractivity contribution in [2.45, 2.75) is 51.0 Å². The number of nitrogens with one attached hydrogen (secondary N) is 4. The number of anilines is 3. The minimum Gasteiger partial charge on any atom is -0.453 e. The van der Waals surface area contributed by atoms with Crippen LogP contribution < -0.4 is 16.0 Å². The van der Waals surface area contributed by atoms with Crippen molar-refractivity contribution in [3.05, 3.63) is 57.7 Å². The smallest absolute Gasteiger partial charge is 0.412 e. The molecule has 0 saturated heterocycles. The molecule has 3 heterocycles. The molecule has 0 aliphatic carbocycles. The first kappa shape index (κ1) is 33.0. The summed E-state index contributed by atoms with van der Waals surface area (Å²) in [5.74, 6) is -1.81. The third-order valence-corrected chi connectivity index (χ3v) is 8.69. The van der Waals surface area contributed by atoms with Gasteiger partial charge in [-0.2, -0.15) is 0 Å². The molecular weight excluding hydrogens is 642 g/mol. The highest BCUT2D eigenvalue weighted by atomic mass is 35.5. The molecule has 1 aromatic heterocycles. The Hall–Kier alpha value is -4.36. The molecule has 2 aromatic carbocycles. The SMILES string of the molecule is COC(=O)Nc1ccc2c(c1)NC(=O)C(C)CCCC(C(=O)N(C)CCCC1OC(=O)Nc3ccc(Cl)c(F)c31)c1nc-2c(Cl)[nH]1. The number of aromatic nitrogens is 2. The number of ether oxygens (including phenoxy) is 2. The Morgan fingerprint density at radius 2 is 1.93 bits per heavy atom. The van der Waals surface area contributed by atoms with Crippen molar-refractivity contribution >= 4 is 64.3 Å². The molecule has 244 valence electrons. The second-order valence-electron chi connectivity index (χ2n) is 11.3. The quantitative estimate of drug-likeness (QED) is 0.218. The lowest BCUT2D eigenvalue weighted by molar-refractivity contribution is -0.132. The van der Waals surface area contributed by atoms with Gasteiger partial charge in [-0.25, -0.2) is 19.0 Å². The number of aromatic amines is 1. The largest absolute Gasteiger partial charge is 0.453 e. The van der Waals surface area contributed by atoms with Gasteiger partial charge < -0.3 is 24.7 Å². The molecule has 3 unspecified atom stereocenters. The summed E-state index contributed by atoms with van der Waals surface area (Å²) in [5, 5.41) is 8.08. The number of likely N-dealkylation sites (N-methyl/N-ethyl adjacent to an activating group) is 1. The monoisotopic (exact) mass is 674 g/mol. The summed E-state index contributed by atoms with van der Waals surface area (Å²) in [4.78, 5) is 60.1. The van der Waals surface area contributed by atoms with Crippen LogP contribution in [0.1, 0.15) is 62.4 Å². The highest BCUT2D eigenvalue weighted by Crippen LogP contribution is 2.39. The average molecular weight is 676 g/mol. The summed E-state index contributed by atoms with van der Waals surface area (Å²) >= 11 is 12.6. The van der Waals surface area contributed by atoms with E-state index in [4.69, 9.17) is 32.9 Å². The van der Waals surface area contributed by atoms with Crippen LogP contribution in [0.25, 0.3) is 11.3 Å². The number of methoxy groups -OCH3 is 1. The lowest BCUT2D eigenvalue weighted by atomic mass is 9.94. The normalized spacial score (nSPS) is 19.2. The molecule has 0 fully saturated rings. The van der Waals surface area contributed by atoms with Gasteiger partial charge in [-0.05, 0) is 56.0 Å². The molecule has 4 amide bonds. The molecule has 2 bridgehead atoms. The zero-order chi connectivity index (χ0) is 33.1. The molecule has 3 aromatic rings. The molecule has 12 nitrogen and oxygen atoms in total. The van der Waals surface area contributed by atoms with Crippen LogP contribution in [0.3, 0.4) is 0 Å². The van der Waals surface area contributed by atoms with Crippen molar-refractivity contribution in [2.24, 2.45) is 5.92 Å². The number of hydrogen-bond donors (Lipinski definition) is 4. The van der Waals surface area contributed by atoms with Crippen molar-refractivity contribution in [1.82, 2.24) is 14.9 Å². The number of H-pyrrole nitrogens is 1. The van der Waals surface area contributed by atoms with Crippen molar-refractivity contribution in [1.29, 1.82) is 0 Å². The number of nitrogens with zero attached hydrogens (tertiary/aromatic N) is 2. The highest BCUT2D eigenvalue weighted by Gasteiger charge is 2.32. The van der Waals surface area contributed by atoms with E-state index in [9.17, 15) is 23.6 Å². The van der Waals surface area contributed by atoms with E-state index in [-0.39, 0.29) is 46.4 Å². The molecule has 46 heavy (non-hydrogen) atoms. The van der Waals surface area contributed by atoms with Gasteiger partial charge in [0.1, 0.15) is 22.8 Å². The van der Waals surface area contributed by atoms with E-state index < -0.39 is 30.0 Å². The summed E-state index contributed by atoms with van der Waals surface area (Å²) in [6, 6.07) is 7.76. The second kappa shape index (κ2) is 14.0. The lowest BCUT2D eigenvalue weighted by Gasteiger charge is -2.28. The number of benzene rings is 2. The Labute approximate surface area is 274 Å². The fraction of sp³-hybridized carbons (Fsp3) is 0.387. The number of hydrogen-bond acceptors (Lipinski definition) is 7. The Kier molecular flexibility index (Phi) is 10.0. The van der Waals surface area contributed by atoms with Gasteiger partial charge in [0.2, 0.25) is 11.8 Å². The first-order valence-corrected chi connectivity index (χ1v) is 15.5. The van der Waals surface area contributed by atoms with Crippen LogP contribution in [0.5, 0.6) is 0 Å². The van der Waals surface area contributed by atoms with E-state index in [0.29, 0.717) is 59.8 Å². The van der Waals surface area contributed by atoms with E-state index in [2.05, 4.69) is 25.7 Å². The van der Waals surface area contributed by atoms with Crippen molar-refractivity contribution in [3.63, 3.8) is 0 Å². The molecule has 2 aliphatic rings. The molecule has 3 atom stereocenters. The number of halogens is 3. The minimum absolute atomic E-state index is 0.0810. The van der Waals surface area contributed by atoms with Crippen LogP contribution in [0.2, 0.25) is 10.2 Å². The molecule has 0 radical (unpaired) electrons. The van der Waals surface area contributed by atoms with Gasteiger partial charge >= 0.3 is 12.2 Å². The summed E-state index contributed by atoms with van der Waals surface area (Å²) in [7, 11) is 2.90. The maximum absolute atomic E-state index is 14.8. The van der Waals surface area contributed by atoms with Crippen molar-refractivity contribution in [3.8, 4) is 11.3 Å². The van der Waals surface area contributed by atoms with Crippen molar-refractivity contribution in [2.75, 3.05) is 36.7 Å². The fourth-order valence-corrected chi connectivity index (χ4v) is 6.02. The van der Waals surface area contributed by atoms with Gasteiger partial charge in [0.05, 0.1) is 35.0 Å². The van der Waals surface area contributed by atoms with Crippen LogP contribution in [0.4, 0.5) is 31.0 Å². The third kappa shape index (κ3) is 7.05. The first-order valence-electron chi connectivity index (χ1n) is 14.7. The van der Waals surface area contributed by atoms with Gasteiger partial charge in [0.15, 0.2) is 5.82 Å².